The topological polar surface area (TPSA) is 42.3 Å². The number of halogens is 1. The molecule has 166 valence electrons. The second-order valence-electron chi connectivity index (χ2n) is 7.71. The zero-order valence-corrected chi connectivity index (χ0v) is 18.9. The van der Waals surface area contributed by atoms with Crippen LogP contribution >= 0.6 is 12.2 Å². The lowest BCUT2D eigenvalue weighted by molar-refractivity contribution is 0.340. The maximum absolute atomic E-state index is 14.0. The normalized spacial score (nSPS) is 17.8. The second-order valence-corrected chi connectivity index (χ2v) is 8.09. The van der Waals surface area contributed by atoms with E-state index in [4.69, 9.17) is 17.0 Å². The number of nitrogens with zero attached hydrogens (tertiary/aromatic N) is 3. The van der Waals surface area contributed by atoms with Gasteiger partial charge in [-0.15, -0.1) is 0 Å². The van der Waals surface area contributed by atoms with E-state index >= 15 is 0 Å². The van der Waals surface area contributed by atoms with Crippen LogP contribution in [0.15, 0.2) is 91.3 Å². The van der Waals surface area contributed by atoms with Crippen molar-refractivity contribution in [2.24, 2.45) is 0 Å². The van der Waals surface area contributed by atoms with Gasteiger partial charge in [-0.1, -0.05) is 12.1 Å². The summed E-state index contributed by atoms with van der Waals surface area (Å²) in [4.78, 5) is 6.69. The van der Waals surface area contributed by atoms with E-state index < -0.39 is 0 Å². The first-order chi connectivity index (χ1) is 16.2. The van der Waals surface area contributed by atoms with Gasteiger partial charge in [0.25, 0.3) is 0 Å². The van der Waals surface area contributed by atoms with Crippen molar-refractivity contribution in [3.05, 3.63) is 108 Å². The molecule has 4 aromatic rings. The number of ether oxygens (including phenoxy) is 1. The maximum atomic E-state index is 14.0. The third kappa shape index (κ3) is 4.07. The Labute approximate surface area is 197 Å². The van der Waals surface area contributed by atoms with Gasteiger partial charge in [0, 0.05) is 29.5 Å². The lowest BCUT2D eigenvalue weighted by Crippen LogP contribution is -2.30. The minimum atomic E-state index is -0.281. The van der Waals surface area contributed by atoms with Gasteiger partial charge >= 0.3 is 0 Å². The summed E-state index contributed by atoms with van der Waals surface area (Å²) in [6.07, 6.45) is 3.72. The Morgan fingerprint density at radius 1 is 1.00 bits per heavy atom. The van der Waals surface area contributed by atoms with Crippen LogP contribution in [0.25, 0.3) is 5.69 Å². The van der Waals surface area contributed by atoms with Crippen LogP contribution in [0.2, 0.25) is 0 Å². The van der Waals surface area contributed by atoms with E-state index in [9.17, 15) is 4.39 Å². The zero-order valence-electron chi connectivity index (χ0n) is 18.1. The van der Waals surface area contributed by atoms with E-state index in [2.05, 4.69) is 15.2 Å². The fourth-order valence-electron chi connectivity index (χ4n) is 4.30. The Balaban J connectivity index is 1.63. The quantitative estimate of drug-likeness (QED) is 0.382. The summed E-state index contributed by atoms with van der Waals surface area (Å²) in [5.41, 5.74) is 3.54. The molecule has 5 rings (SSSR count). The van der Waals surface area contributed by atoms with E-state index in [-0.39, 0.29) is 17.9 Å². The van der Waals surface area contributed by atoms with Crippen LogP contribution in [0.3, 0.4) is 0 Å². The molecular weight excluding hydrogens is 435 g/mol. The van der Waals surface area contributed by atoms with Crippen LogP contribution in [-0.4, -0.2) is 21.3 Å². The zero-order chi connectivity index (χ0) is 22.8. The van der Waals surface area contributed by atoms with Gasteiger partial charge in [-0.3, -0.25) is 4.98 Å². The van der Waals surface area contributed by atoms with Crippen molar-refractivity contribution in [2.45, 2.75) is 19.0 Å². The number of anilines is 1. The number of nitrogens with one attached hydrogen (secondary N) is 1. The lowest BCUT2D eigenvalue weighted by atomic mass is 10.0. The summed E-state index contributed by atoms with van der Waals surface area (Å²) in [5, 5.41) is 4.07. The van der Waals surface area contributed by atoms with E-state index in [1.165, 1.54) is 12.1 Å². The van der Waals surface area contributed by atoms with Crippen LogP contribution in [-0.2, 0) is 0 Å². The third-order valence-corrected chi connectivity index (χ3v) is 6.01. The smallest absolute Gasteiger partial charge is 0.174 e. The fraction of sp³-hybridized carbons (Fsp3) is 0.154. The van der Waals surface area contributed by atoms with Gasteiger partial charge < -0.3 is 19.5 Å². The van der Waals surface area contributed by atoms with Crippen molar-refractivity contribution >= 4 is 23.0 Å². The van der Waals surface area contributed by atoms with Crippen molar-refractivity contribution in [3.63, 3.8) is 0 Å². The van der Waals surface area contributed by atoms with E-state index in [0.717, 1.165) is 28.5 Å². The van der Waals surface area contributed by atoms with Gasteiger partial charge in [0.15, 0.2) is 5.11 Å². The molecule has 7 heteroatoms. The Kier molecular flexibility index (Phi) is 5.79. The number of benzene rings is 2. The molecule has 0 amide bonds. The summed E-state index contributed by atoms with van der Waals surface area (Å²) in [6, 6.07) is 23.9. The van der Waals surface area contributed by atoms with Crippen molar-refractivity contribution < 1.29 is 9.13 Å². The Morgan fingerprint density at radius 3 is 2.58 bits per heavy atom. The van der Waals surface area contributed by atoms with Crippen molar-refractivity contribution in [2.75, 3.05) is 11.5 Å². The van der Waals surface area contributed by atoms with Crippen LogP contribution in [0.1, 0.15) is 30.4 Å². The molecule has 1 aliphatic heterocycles. The molecule has 0 bridgehead atoms. The predicted molar refractivity (Wildman–Crippen MR) is 131 cm³/mol. The summed E-state index contributed by atoms with van der Waals surface area (Å²) in [5.74, 6) is 0.525. The summed E-state index contributed by atoms with van der Waals surface area (Å²) >= 11 is 5.80. The number of aromatic nitrogens is 2. The first-order valence-corrected chi connectivity index (χ1v) is 11.2. The van der Waals surface area contributed by atoms with Gasteiger partial charge in [-0.2, -0.15) is 0 Å². The molecule has 33 heavy (non-hydrogen) atoms. The number of hydrogen-bond donors (Lipinski definition) is 1. The number of hydrogen-bond acceptors (Lipinski definition) is 3. The van der Waals surface area contributed by atoms with E-state index in [0.29, 0.717) is 11.7 Å². The molecule has 1 aliphatic rings. The molecule has 5 nitrogen and oxygen atoms in total. The summed E-state index contributed by atoms with van der Waals surface area (Å²) in [6.45, 7) is 2.57. The van der Waals surface area contributed by atoms with Crippen molar-refractivity contribution in [3.8, 4) is 11.4 Å². The highest BCUT2D eigenvalue weighted by Gasteiger charge is 2.42. The molecule has 0 saturated carbocycles. The monoisotopic (exact) mass is 458 g/mol. The third-order valence-electron chi connectivity index (χ3n) is 5.69. The van der Waals surface area contributed by atoms with Crippen LogP contribution < -0.4 is 15.0 Å². The predicted octanol–water partition coefficient (Wildman–Crippen LogP) is 5.59. The highest BCUT2D eigenvalue weighted by molar-refractivity contribution is 7.80. The largest absolute Gasteiger partial charge is 0.494 e. The van der Waals surface area contributed by atoms with Gasteiger partial charge in [0.05, 0.1) is 18.3 Å². The van der Waals surface area contributed by atoms with Gasteiger partial charge in [-0.05, 0) is 85.9 Å². The molecule has 0 radical (unpaired) electrons. The molecule has 2 atom stereocenters. The van der Waals surface area contributed by atoms with Gasteiger partial charge in [0.2, 0.25) is 0 Å². The van der Waals surface area contributed by atoms with Crippen LogP contribution in [0.4, 0.5) is 10.1 Å². The molecule has 2 aromatic heterocycles. The first kappa shape index (κ1) is 21.2. The van der Waals surface area contributed by atoms with Crippen LogP contribution in [0, 0.1) is 5.82 Å². The van der Waals surface area contributed by atoms with Gasteiger partial charge in [0.1, 0.15) is 17.6 Å². The molecule has 1 saturated heterocycles. The summed E-state index contributed by atoms with van der Waals surface area (Å²) < 4.78 is 21.6. The molecule has 0 spiro atoms. The molecule has 1 fully saturated rings. The minimum absolute atomic E-state index is 0.188. The molecule has 2 unspecified atom stereocenters. The minimum Gasteiger partial charge on any atom is -0.494 e. The Bertz CT molecular complexity index is 1260. The number of pyridine rings is 1. The maximum Gasteiger partial charge on any atom is 0.174 e. The highest BCUT2D eigenvalue weighted by atomic mass is 32.1. The van der Waals surface area contributed by atoms with E-state index in [1.807, 2.05) is 78.4 Å². The summed E-state index contributed by atoms with van der Waals surface area (Å²) in [7, 11) is 0. The molecule has 3 heterocycles. The van der Waals surface area contributed by atoms with Crippen molar-refractivity contribution in [1.82, 2.24) is 14.9 Å². The Hall–Kier alpha value is -3.71. The second kappa shape index (κ2) is 9.03. The Morgan fingerprint density at radius 2 is 1.85 bits per heavy atom. The van der Waals surface area contributed by atoms with Crippen molar-refractivity contribution in [1.29, 1.82) is 0 Å². The average Bonchev–Trinajstić information content (AvgIpc) is 3.45. The standard InChI is InChI=1S/C26H23FN4OS/c1-2-32-21-13-11-19(12-14-21)31-25(24(29-26(31)33)22-9-3-4-15-28-22)23-10-6-16-30(23)20-8-5-7-18(27)17-20/h3-17,24-25H,2H2,1H3,(H,29,33). The van der Waals surface area contributed by atoms with Gasteiger partial charge in [-0.25, -0.2) is 4.39 Å². The molecule has 2 aromatic carbocycles. The SMILES string of the molecule is CCOc1ccc(N2C(=S)NC(c3ccccn3)C2c2cccn2-c2cccc(F)c2)cc1. The highest BCUT2D eigenvalue weighted by Crippen LogP contribution is 2.42. The molecular formula is C26H23FN4OS. The van der Waals surface area contributed by atoms with Crippen LogP contribution in [0.5, 0.6) is 5.75 Å². The number of thiocarbonyl (C=S) groups is 1. The van der Waals surface area contributed by atoms with E-state index in [1.54, 1.807) is 12.3 Å². The number of rotatable bonds is 6. The molecule has 0 aliphatic carbocycles. The average molecular weight is 459 g/mol. The fourth-order valence-corrected chi connectivity index (χ4v) is 4.65. The molecule has 1 N–H and O–H groups in total. The lowest BCUT2D eigenvalue weighted by Gasteiger charge is -2.29. The first-order valence-electron chi connectivity index (χ1n) is 10.8.